The number of unbranched alkanes of at least 4 members (excludes halogenated alkanes) is 1. The molecule has 0 amide bonds. The van der Waals surface area contributed by atoms with E-state index in [1.165, 1.54) is 35.9 Å². The van der Waals surface area contributed by atoms with Gasteiger partial charge in [-0.15, -0.1) is 0 Å². The number of likely N-dealkylation sites (N-methyl/N-ethyl adjacent to an activating group) is 1. The van der Waals surface area contributed by atoms with Gasteiger partial charge in [0.15, 0.2) is 0 Å². The van der Waals surface area contributed by atoms with Crippen molar-refractivity contribution in [2.24, 2.45) is 0 Å². The van der Waals surface area contributed by atoms with Gasteiger partial charge in [-0.05, 0) is 26.5 Å². The zero-order valence-electron chi connectivity index (χ0n) is 12.3. The molecular formula is C16H25N3. The fraction of sp³-hybridized carbons (Fsp3) is 0.562. The van der Waals surface area contributed by atoms with Crippen molar-refractivity contribution in [3.8, 4) is 0 Å². The lowest BCUT2D eigenvalue weighted by Gasteiger charge is -2.14. The van der Waals surface area contributed by atoms with Crippen molar-refractivity contribution in [3.05, 3.63) is 30.0 Å². The van der Waals surface area contributed by atoms with Gasteiger partial charge in [-0.1, -0.05) is 38.0 Å². The lowest BCUT2D eigenvalue weighted by atomic mass is 10.0. The van der Waals surface area contributed by atoms with Gasteiger partial charge in [-0.2, -0.15) is 5.10 Å². The summed E-state index contributed by atoms with van der Waals surface area (Å²) in [6, 6.07) is 9.08. The van der Waals surface area contributed by atoms with Crippen molar-refractivity contribution < 1.29 is 0 Å². The Balaban J connectivity index is 2.24. The van der Waals surface area contributed by atoms with Crippen LogP contribution in [0.25, 0.3) is 10.9 Å². The Bertz CT molecular complexity index is 516. The fourth-order valence-electron chi connectivity index (χ4n) is 2.62. The zero-order chi connectivity index (χ0) is 13.7. The number of para-hydroxylation sites is 1. The minimum absolute atomic E-state index is 0.531. The number of fused-ring (bicyclic) bond motifs is 1. The Morgan fingerprint density at radius 3 is 2.74 bits per heavy atom. The van der Waals surface area contributed by atoms with E-state index in [4.69, 9.17) is 5.10 Å². The van der Waals surface area contributed by atoms with Crippen LogP contribution in [-0.4, -0.2) is 22.9 Å². The summed E-state index contributed by atoms with van der Waals surface area (Å²) in [5, 5.41) is 9.51. The normalized spacial score (nSPS) is 13.0. The standard InChI is InChI=1S/C16H25N3/c1-4-6-9-13(17-3)12-15-14-10-7-8-11-16(14)19(5-2)18-15/h7-8,10-11,13,17H,4-6,9,12H2,1-3H3. The molecule has 0 aliphatic heterocycles. The molecule has 0 radical (unpaired) electrons. The summed E-state index contributed by atoms with van der Waals surface area (Å²) in [6.07, 6.45) is 4.77. The van der Waals surface area contributed by atoms with Gasteiger partial charge in [0, 0.05) is 24.4 Å². The van der Waals surface area contributed by atoms with Crippen molar-refractivity contribution in [2.75, 3.05) is 7.05 Å². The first kappa shape index (κ1) is 14.1. The Morgan fingerprint density at radius 2 is 2.05 bits per heavy atom. The molecule has 3 nitrogen and oxygen atoms in total. The molecule has 19 heavy (non-hydrogen) atoms. The van der Waals surface area contributed by atoms with Crippen LogP contribution in [0.4, 0.5) is 0 Å². The predicted molar refractivity (Wildman–Crippen MR) is 81.5 cm³/mol. The molecule has 1 aromatic carbocycles. The van der Waals surface area contributed by atoms with Gasteiger partial charge in [0.05, 0.1) is 11.2 Å². The molecule has 0 fully saturated rings. The molecule has 1 unspecified atom stereocenters. The summed E-state index contributed by atoms with van der Waals surface area (Å²) in [4.78, 5) is 0. The van der Waals surface area contributed by atoms with Crippen LogP contribution in [0.5, 0.6) is 0 Å². The fourth-order valence-corrected chi connectivity index (χ4v) is 2.62. The molecule has 1 heterocycles. The van der Waals surface area contributed by atoms with Crippen LogP contribution in [0, 0.1) is 0 Å². The van der Waals surface area contributed by atoms with E-state index in [-0.39, 0.29) is 0 Å². The third-order valence-corrected chi connectivity index (χ3v) is 3.79. The Morgan fingerprint density at radius 1 is 1.26 bits per heavy atom. The maximum atomic E-state index is 4.78. The molecule has 0 spiro atoms. The van der Waals surface area contributed by atoms with Gasteiger partial charge >= 0.3 is 0 Å². The number of nitrogens with zero attached hydrogens (tertiary/aromatic N) is 2. The summed E-state index contributed by atoms with van der Waals surface area (Å²) in [7, 11) is 2.05. The average molecular weight is 259 g/mol. The number of aryl methyl sites for hydroxylation is 1. The molecule has 2 aromatic rings. The van der Waals surface area contributed by atoms with Gasteiger partial charge in [0.2, 0.25) is 0 Å². The number of rotatable bonds is 7. The number of aromatic nitrogens is 2. The lowest BCUT2D eigenvalue weighted by Crippen LogP contribution is -2.27. The number of benzene rings is 1. The SMILES string of the molecule is CCCCC(Cc1nn(CC)c2ccccc12)NC. The number of hydrogen-bond donors (Lipinski definition) is 1. The van der Waals surface area contributed by atoms with Crippen molar-refractivity contribution >= 4 is 10.9 Å². The highest BCUT2D eigenvalue weighted by molar-refractivity contribution is 5.82. The minimum Gasteiger partial charge on any atom is -0.317 e. The van der Waals surface area contributed by atoms with Crippen molar-refractivity contribution in [1.82, 2.24) is 15.1 Å². The summed E-state index contributed by atoms with van der Waals surface area (Å²) < 4.78 is 2.11. The van der Waals surface area contributed by atoms with Crippen LogP contribution < -0.4 is 5.32 Å². The maximum absolute atomic E-state index is 4.78. The van der Waals surface area contributed by atoms with Gasteiger partial charge in [-0.25, -0.2) is 0 Å². The van der Waals surface area contributed by atoms with Crippen LogP contribution in [0.15, 0.2) is 24.3 Å². The molecule has 0 aliphatic carbocycles. The summed E-state index contributed by atoms with van der Waals surface area (Å²) in [5.74, 6) is 0. The average Bonchev–Trinajstić information content (AvgIpc) is 2.81. The molecule has 0 aliphatic rings. The molecule has 2 rings (SSSR count). The van der Waals surface area contributed by atoms with E-state index in [2.05, 4.69) is 55.2 Å². The third kappa shape index (κ3) is 3.16. The van der Waals surface area contributed by atoms with Gasteiger partial charge < -0.3 is 5.32 Å². The van der Waals surface area contributed by atoms with Crippen LogP contribution in [0.2, 0.25) is 0 Å². The first-order valence-corrected chi connectivity index (χ1v) is 7.41. The predicted octanol–water partition coefficient (Wildman–Crippen LogP) is 3.38. The van der Waals surface area contributed by atoms with Crippen molar-refractivity contribution in [1.29, 1.82) is 0 Å². The van der Waals surface area contributed by atoms with Crippen molar-refractivity contribution in [3.63, 3.8) is 0 Å². The molecular weight excluding hydrogens is 234 g/mol. The van der Waals surface area contributed by atoms with Crippen LogP contribution in [-0.2, 0) is 13.0 Å². The zero-order valence-corrected chi connectivity index (χ0v) is 12.3. The van der Waals surface area contributed by atoms with Gasteiger partial charge in [-0.3, -0.25) is 4.68 Å². The number of nitrogens with one attached hydrogen (secondary N) is 1. The number of hydrogen-bond acceptors (Lipinski definition) is 2. The highest BCUT2D eigenvalue weighted by Gasteiger charge is 2.13. The van der Waals surface area contributed by atoms with E-state index < -0.39 is 0 Å². The molecule has 1 atom stereocenters. The van der Waals surface area contributed by atoms with E-state index in [1.807, 2.05) is 0 Å². The van der Waals surface area contributed by atoms with Crippen LogP contribution >= 0.6 is 0 Å². The molecule has 1 N–H and O–H groups in total. The topological polar surface area (TPSA) is 29.9 Å². The Hall–Kier alpha value is -1.35. The lowest BCUT2D eigenvalue weighted by molar-refractivity contribution is 0.491. The van der Waals surface area contributed by atoms with Gasteiger partial charge in [0.1, 0.15) is 0 Å². The summed E-state index contributed by atoms with van der Waals surface area (Å²) in [6.45, 7) is 5.32. The first-order valence-electron chi connectivity index (χ1n) is 7.41. The first-order chi connectivity index (χ1) is 9.30. The van der Waals surface area contributed by atoms with E-state index >= 15 is 0 Å². The second kappa shape index (κ2) is 6.71. The van der Waals surface area contributed by atoms with Crippen molar-refractivity contribution in [2.45, 2.75) is 52.1 Å². The van der Waals surface area contributed by atoms with E-state index in [0.29, 0.717) is 6.04 Å². The van der Waals surface area contributed by atoms with Crippen LogP contribution in [0.3, 0.4) is 0 Å². The monoisotopic (exact) mass is 259 g/mol. The second-order valence-corrected chi connectivity index (χ2v) is 5.11. The maximum Gasteiger partial charge on any atom is 0.0718 e. The van der Waals surface area contributed by atoms with Gasteiger partial charge in [0.25, 0.3) is 0 Å². The van der Waals surface area contributed by atoms with E-state index in [0.717, 1.165) is 13.0 Å². The summed E-state index contributed by atoms with van der Waals surface area (Å²) >= 11 is 0. The summed E-state index contributed by atoms with van der Waals surface area (Å²) in [5.41, 5.74) is 2.48. The Kier molecular flexibility index (Phi) is 4.97. The molecule has 0 saturated heterocycles. The largest absolute Gasteiger partial charge is 0.317 e. The van der Waals surface area contributed by atoms with Crippen LogP contribution in [0.1, 0.15) is 38.8 Å². The van der Waals surface area contributed by atoms with E-state index in [1.54, 1.807) is 0 Å². The molecule has 0 saturated carbocycles. The highest BCUT2D eigenvalue weighted by Crippen LogP contribution is 2.20. The Labute approximate surface area is 116 Å². The second-order valence-electron chi connectivity index (χ2n) is 5.11. The quantitative estimate of drug-likeness (QED) is 0.826. The highest BCUT2D eigenvalue weighted by atomic mass is 15.3. The molecule has 104 valence electrons. The van der Waals surface area contributed by atoms with E-state index in [9.17, 15) is 0 Å². The smallest absolute Gasteiger partial charge is 0.0718 e. The molecule has 3 heteroatoms. The minimum atomic E-state index is 0.531. The molecule has 0 bridgehead atoms. The third-order valence-electron chi connectivity index (χ3n) is 3.79. The molecule has 1 aromatic heterocycles.